The fourth-order valence-corrected chi connectivity index (χ4v) is 15.7. The minimum absolute atomic E-state index is 0.00813. The van der Waals surface area contributed by atoms with Crippen LogP contribution in [0.1, 0.15) is 52.7 Å². The zero-order valence-corrected chi connectivity index (χ0v) is 49.3. The zero-order chi connectivity index (χ0) is 56.3. The fraction of sp³-hybridized carbons (Fsp3) is 0.103. The zero-order valence-electron chi connectivity index (χ0n) is 47.7. The van der Waals surface area contributed by atoms with E-state index in [2.05, 4.69) is 301 Å². The first-order chi connectivity index (χ1) is 41.0. The Labute approximate surface area is 495 Å². The van der Waals surface area contributed by atoms with E-state index in [0.717, 1.165) is 34.1 Å². The summed E-state index contributed by atoms with van der Waals surface area (Å²) in [6.45, 7) is 13.8. The number of fused-ring (bicyclic) bond motifs is 14. The van der Waals surface area contributed by atoms with Crippen molar-refractivity contribution in [3.05, 3.63) is 252 Å². The molecule has 4 nitrogen and oxygen atoms in total. The van der Waals surface area contributed by atoms with Crippen LogP contribution in [0.4, 0.5) is 34.1 Å². The minimum Gasteiger partial charge on any atom is -0.309 e. The lowest BCUT2D eigenvalue weighted by atomic mass is 9.87. The van der Waals surface area contributed by atoms with Crippen molar-refractivity contribution < 1.29 is 0 Å². The second-order valence-electron chi connectivity index (χ2n) is 24.9. The topological polar surface area (TPSA) is 15.3 Å². The van der Waals surface area contributed by atoms with Gasteiger partial charge in [0.1, 0.15) is 0 Å². The maximum absolute atomic E-state index is 2.58. The van der Waals surface area contributed by atoms with Crippen molar-refractivity contribution in [3.63, 3.8) is 0 Å². The van der Waals surface area contributed by atoms with E-state index in [4.69, 9.17) is 0 Å². The average molecular weight is 1120 g/mol. The van der Waals surface area contributed by atoms with Crippen molar-refractivity contribution in [2.75, 3.05) is 9.80 Å². The lowest BCUT2D eigenvalue weighted by Gasteiger charge is -2.30. The van der Waals surface area contributed by atoms with Crippen molar-refractivity contribution in [1.82, 2.24) is 8.80 Å². The lowest BCUT2D eigenvalue weighted by molar-refractivity contribution is 0.590. The molecule has 0 saturated carbocycles. The minimum atomic E-state index is 0.00813. The number of hydrogen-bond donors (Lipinski definition) is 0. The predicted molar refractivity (Wildman–Crippen MR) is 364 cm³/mol. The molecule has 0 aliphatic carbocycles. The summed E-state index contributed by atoms with van der Waals surface area (Å²) in [6.07, 6.45) is 0. The molecule has 0 radical (unpaired) electrons. The van der Waals surface area contributed by atoms with E-state index < -0.39 is 0 Å². The number of nitrogens with zero attached hydrogens (tertiary/aromatic N) is 4. The molecule has 0 spiro atoms. The molecule has 0 aliphatic rings. The van der Waals surface area contributed by atoms with Crippen LogP contribution in [0.5, 0.6) is 0 Å². The summed E-state index contributed by atoms with van der Waals surface area (Å²) in [5.41, 5.74) is 21.7. The summed E-state index contributed by atoms with van der Waals surface area (Å²) in [6, 6.07) is 87.4. The van der Waals surface area contributed by atoms with Gasteiger partial charge in [0.15, 0.2) is 0 Å². The maximum atomic E-state index is 2.58. The molecule has 0 aliphatic heterocycles. The molecule has 0 amide bonds. The predicted octanol–water partition coefficient (Wildman–Crippen LogP) is 23.3. The van der Waals surface area contributed by atoms with E-state index in [1.807, 2.05) is 0 Å². The Morgan fingerprint density at radius 3 is 1.10 bits per heavy atom. The molecule has 0 bridgehead atoms. The van der Waals surface area contributed by atoms with Crippen molar-refractivity contribution in [2.45, 2.75) is 52.4 Å². The number of thiophene rings is 2. The first-order valence-corrected chi connectivity index (χ1v) is 31.0. The van der Waals surface area contributed by atoms with Gasteiger partial charge in [-0.05, 0) is 141 Å². The molecule has 0 saturated heterocycles. The van der Waals surface area contributed by atoms with E-state index >= 15 is 0 Å². The number of aromatic nitrogens is 2. The van der Waals surface area contributed by atoms with Crippen molar-refractivity contribution in [2.24, 2.45) is 0 Å². The van der Waals surface area contributed by atoms with Gasteiger partial charge in [-0.2, -0.15) is 0 Å². The second kappa shape index (κ2) is 18.0. The molecule has 17 aromatic rings. The van der Waals surface area contributed by atoms with Gasteiger partial charge in [-0.3, -0.25) is 0 Å². The van der Waals surface area contributed by atoms with Crippen LogP contribution in [0, 0.1) is 0 Å². The number of hydrogen-bond acceptors (Lipinski definition) is 4. The van der Waals surface area contributed by atoms with Crippen LogP contribution in [0.2, 0.25) is 0 Å². The molecule has 11 aromatic carbocycles. The van der Waals surface area contributed by atoms with E-state index in [0.29, 0.717) is 0 Å². The summed E-state index contributed by atoms with van der Waals surface area (Å²) >= 11 is 3.61. The average Bonchev–Trinajstić information content (AvgIpc) is 1.65. The smallest absolute Gasteiger partial charge is 0.0641 e. The SMILES string of the molecule is CC(C)(C)c1ccc(N(c2ccc3sccc3c2-c2ccccc2)c2ccc3c4cc5c(cc4n4c6ccccc6c2c34)c2ccc(N(c3ccc(C(C)(C)C)cc3)c3ccc4sccc4c3-c3ccccc3)c3c4ccccc4n5c23)cc1. The van der Waals surface area contributed by atoms with Gasteiger partial charge < -0.3 is 18.6 Å². The highest BCUT2D eigenvalue weighted by atomic mass is 32.1. The molecule has 0 unspecified atom stereocenters. The molecule has 0 fully saturated rings. The van der Waals surface area contributed by atoms with Gasteiger partial charge >= 0.3 is 0 Å². The van der Waals surface area contributed by atoms with Crippen LogP contribution in [-0.4, -0.2) is 8.80 Å². The molecule has 6 aromatic heterocycles. The van der Waals surface area contributed by atoms with Gasteiger partial charge in [-0.25, -0.2) is 0 Å². The first kappa shape index (κ1) is 49.2. The van der Waals surface area contributed by atoms with Crippen LogP contribution in [-0.2, 0) is 10.8 Å². The van der Waals surface area contributed by atoms with Gasteiger partial charge in [0.2, 0.25) is 0 Å². The van der Waals surface area contributed by atoms with Gasteiger partial charge in [-0.15, -0.1) is 22.7 Å². The molecule has 0 N–H and O–H groups in total. The highest BCUT2D eigenvalue weighted by Crippen LogP contribution is 2.54. The lowest BCUT2D eigenvalue weighted by Crippen LogP contribution is -2.14. The summed E-state index contributed by atoms with van der Waals surface area (Å²) in [5.74, 6) is 0. The highest BCUT2D eigenvalue weighted by molar-refractivity contribution is 7.17. The van der Waals surface area contributed by atoms with Crippen molar-refractivity contribution >= 4 is 153 Å². The third-order valence-electron chi connectivity index (χ3n) is 18.1. The Kier molecular flexibility index (Phi) is 10.5. The van der Waals surface area contributed by atoms with Crippen LogP contribution in [0.15, 0.2) is 241 Å². The standard InChI is InChI=1S/C78H58N4S2/c1-77(2,3)49-25-29-51(30-26-49)79(63-37-39-69-57(41-43-83-69)71(63)47-17-9-7-10-18-47)65-35-33-53-59-45-68-60(46-67(59)81-61-23-15-13-21-55(61)73(65)75(53)81)54-34-36-66(74-56-22-14-16-24-62(56)82(68)76(54)74)80(52-31-27-50(28-32-52)78(4,5)6)64-38-40-70-58(42-44-84-70)72(64)48-19-11-8-12-20-48/h7-46H,1-6H3. The van der Waals surface area contributed by atoms with Gasteiger partial charge in [0.05, 0.1) is 55.8 Å². The van der Waals surface area contributed by atoms with Crippen molar-refractivity contribution in [1.29, 1.82) is 0 Å². The summed E-state index contributed by atoms with van der Waals surface area (Å²) < 4.78 is 7.71. The van der Waals surface area contributed by atoms with Gasteiger partial charge in [0.25, 0.3) is 0 Å². The molecule has 6 heteroatoms. The molecule has 84 heavy (non-hydrogen) atoms. The molecular formula is C78H58N4S2. The number of anilines is 6. The normalized spacial score (nSPS) is 12.6. The summed E-state index contributed by atoms with van der Waals surface area (Å²) in [4.78, 5) is 5.09. The van der Waals surface area contributed by atoms with Crippen LogP contribution in [0.25, 0.3) is 119 Å². The van der Waals surface area contributed by atoms with Crippen LogP contribution < -0.4 is 9.80 Å². The van der Waals surface area contributed by atoms with Crippen LogP contribution in [0.3, 0.4) is 0 Å². The maximum Gasteiger partial charge on any atom is 0.0641 e. The Balaban J connectivity index is 0.937. The summed E-state index contributed by atoms with van der Waals surface area (Å²) in [7, 11) is 0. The van der Waals surface area contributed by atoms with E-state index in [-0.39, 0.29) is 10.8 Å². The Hall–Kier alpha value is -9.46. The largest absolute Gasteiger partial charge is 0.309 e. The number of para-hydroxylation sites is 2. The second-order valence-corrected chi connectivity index (χ2v) is 26.8. The number of rotatable bonds is 8. The summed E-state index contributed by atoms with van der Waals surface area (Å²) in [5, 5.41) is 16.9. The van der Waals surface area contributed by atoms with Gasteiger partial charge in [-0.1, -0.05) is 175 Å². The third-order valence-corrected chi connectivity index (χ3v) is 19.8. The van der Waals surface area contributed by atoms with E-state index in [9.17, 15) is 0 Å². The molecule has 6 heterocycles. The van der Waals surface area contributed by atoms with Crippen LogP contribution >= 0.6 is 22.7 Å². The Bertz CT molecular complexity index is 5090. The fourth-order valence-electron chi connectivity index (χ4n) is 14.1. The molecule has 17 rings (SSSR count). The van der Waals surface area contributed by atoms with Crippen molar-refractivity contribution in [3.8, 4) is 22.3 Å². The van der Waals surface area contributed by atoms with E-state index in [1.165, 1.54) is 130 Å². The van der Waals surface area contributed by atoms with Gasteiger partial charge in [0, 0.05) is 85.8 Å². The first-order valence-electron chi connectivity index (χ1n) is 29.2. The number of benzene rings is 11. The highest BCUT2D eigenvalue weighted by Gasteiger charge is 2.31. The Morgan fingerprint density at radius 1 is 0.310 bits per heavy atom. The monoisotopic (exact) mass is 1110 g/mol. The Morgan fingerprint density at radius 2 is 0.690 bits per heavy atom. The molecule has 0 atom stereocenters. The van der Waals surface area contributed by atoms with E-state index in [1.54, 1.807) is 22.7 Å². The molecular weight excluding hydrogens is 1060 g/mol. The molecule has 402 valence electrons. The third kappa shape index (κ3) is 7.11. The quantitative estimate of drug-likeness (QED) is 0.151.